The van der Waals surface area contributed by atoms with Crippen molar-refractivity contribution in [3.8, 4) is 11.5 Å². The number of aromatic hydroxyl groups is 1. The van der Waals surface area contributed by atoms with E-state index in [1.54, 1.807) is 32.9 Å². The van der Waals surface area contributed by atoms with Crippen molar-refractivity contribution >= 4 is 45.3 Å². The number of allylic oxidation sites excluding steroid dienone is 2. The lowest BCUT2D eigenvalue weighted by atomic mass is 9.97. The fraction of sp³-hybridized carbons (Fsp3) is 0.358. The number of rotatable bonds is 12. The predicted octanol–water partition coefficient (Wildman–Crippen LogP) is 11.9. The number of aliphatic hydroxyl groups excluding tert-OH is 1. The third kappa shape index (κ3) is 15.6. The minimum atomic E-state index is -1.04. The first-order valence-corrected chi connectivity index (χ1v) is 21.6. The van der Waals surface area contributed by atoms with Crippen LogP contribution in [0.15, 0.2) is 116 Å². The normalized spacial score (nSPS) is 14.7. The number of phenolic OH excluding ortho intramolecular Hbond substituents is 1. The van der Waals surface area contributed by atoms with Gasteiger partial charge in [-0.1, -0.05) is 85.4 Å². The van der Waals surface area contributed by atoms with Crippen molar-refractivity contribution < 1.29 is 53.7 Å². The molecular formula is C53H65O11+. The van der Waals surface area contributed by atoms with Gasteiger partial charge < -0.3 is 44.1 Å². The Hall–Kier alpha value is -6.07. The van der Waals surface area contributed by atoms with Crippen LogP contribution in [0.5, 0.6) is 11.5 Å². The summed E-state index contributed by atoms with van der Waals surface area (Å²) >= 11 is 0. The molecule has 7 rings (SSSR count). The lowest BCUT2D eigenvalue weighted by Gasteiger charge is -2.35. The highest BCUT2D eigenvalue weighted by Gasteiger charge is 2.33. The van der Waals surface area contributed by atoms with Crippen LogP contribution in [0.3, 0.4) is 0 Å². The van der Waals surface area contributed by atoms with Crippen LogP contribution >= 0.6 is 0 Å². The maximum Gasteiger partial charge on any atom is 0.308 e. The van der Waals surface area contributed by atoms with E-state index in [0.717, 1.165) is 40.5 Å². The second-order valence-electron chi connectivity index (χ2n) is 15.7. The van der Waals surface area contributed by atoms with Gasteiger partial charge in [-0.05, 0) is 101 Å². The quantitative estimate of drug-likeness (QED) is 0.0536. The molecule has 1 aliphatic heterocycles. The minimum absolute atomic E-state index is 0.0336. The third-order valence-corrected chi connectivity index (χ3v) is 9.80. The maximum atomic E-state index is 10.5. The first kappa shape index (κ1) is 52.3. The Morgan fingerprint density at radius 3 is 1.88 bits per heavy atom. The Kier molecular flexibility index (Phi) is 20.6. The van der Waals surface area contributed by atoms with Crippen molar-refractivity contribution in [2.24, 2.45) is 5.41 Å². The molecule has 0 aromatic heterocycles. The Morgan fingerprint density at radius 1 is 0.781 bits per heavy atom. The largest absolute Gasteiger partial charge is 0.507 e. The van der Waals surface area contributed by atoms with Crippen LogP contribution in [-0.4, -0.2) is 70.6 Å². The number of aliphatic hydroxyl groups is 1. The van der Waals surface area contributed by atoms with Gasteiger partial charge in [0, 0.05) is 63.0 Å². The van der Waals surface area contributed by atoms with Crippen molar-refractivity contribution in [2.45, 2.75) is 92.8 Å². The SMILES string of the molecule is C=CC(OCC)(OCC)OCC.CC(C)(C)C(=O)O.CCOC1(C)CCc2ccc3ccccc3c2O1.O=C(O)CCc1ccc2ccccc2c1O.OC1=[C+]C=Cc2ccccc21. The van der Waals surface area contributed by atoms with E-state index in [1.807, 2.05) is 95.3 Å². The first-order valence-electron chi connectivity index (χ1n) is 21.6. The second kappa shape index (κ2) is 25.3. The predicted molar refractivity (Wildman–Crippen MR) is 254 cm³/mol. The summed E-state index contributed by atoms with van der Waals surface area (Å²) in [5.74, 6) is -1.72. The van der Waals surface area contributed by atoms with Gasteiger partial charge in [0.1, 0.15) is 23.1 Å². The van der Waals surface area contributed by atoms with E-state index < -0.39 is 29.1 Å². The number of hydrogen-bond acceptors (Lipinski definition) is 9. The summed E-state index contributed by atoms with van der Waals surface area (Å²) in [6, 6.07) is 31.5. The standard InChI is InChI=1S/C16H18O2.C13H12O3.C10H6O.C9H18O3.C5H10O2/c1-3-17-16(2)11-10-13-9-8-12-6-4-5-7-14(12)15(13)18-16;14-12(15)8-7-10-6-5-9-3-1-2-4-11(9)13(10)16;11-10-7-3-5-8-4-1-2-6-9(8)10;1-5-9(10-6-2,11-7-3)12-8-4;1-5(2,3)4(6)7/h4-9H,3,10-11H2,1-2H3;1-6,16H,7-8H2,(H,14,15);1-6H;5H,1,6-8H2,2-4H3;1-3H3,(H,6,7)/p+1. The molecule has 11 heteroatoms. The van der Waals surface area contributed by atoms with Crippen molar-refractivity contribution in [3.05, 3.63) is 144 Å². The molecule has 1 heterocycles. The van der Waals surface area contributed by atoms with Crippen LogP contribution in [0.25, 0.3) is 33.4 Å². The molecule has 342 valence electrons. The minimum Gasteiger partial charge on any atom is -0.507 e. The van der Waals surface area contributed by atoms with E-state index in [2.05, 4.69) is 49.1 Å². The maximum absolute atomic E-state index is 10.5. The number of carboxylic acids is 2. The second-order valence-corrected chi connectivity index (χ2v) is 15.7. The Balaban J connectivity index is 0.000000220. The van der Waals surface area contributed by atoms with Crippen LogP contribution in [0.1, 0.15) is 90.5 Å². The average Bonchev–Trinajstić information content (AvgIpc) is 3.27. The summed E-state index contributed by atoms with van der Waals surface area (Å²) < 4.78 is 27.8. The van der Waals surface area contributed by atoms with Gasteiger partial charge in [-0.3, -0.25) is 9.59 Å². The molecule has 64 heavy (non-hydrogen) atoms. The molecule has 11 nitrogen and oxygen atoms in total. The summed E-state index contributed by atoms with van der Waals surface area (Å²) in [6.07, 6.45) is 10.2. The average molecular weight is 878 g/mol. The van der Waals surface area contributed by atoms with E-state index >= 15 is 0 Å². The highest BCUT2D eigenvalue weighted by Crippen LogP contribution is 2.39. The molecule has 0 saturated heterocycles. The van der Waals surface area contributed by atoms with Crippen LogP contribution in [0, 0.1) is 11.5 Å². The van der Waals surface area contributed by atoms with Gasteiger partial charge in [0.25, 0.3) is 5.76 Å². The zero-order valence-corrected chi connectivity index (χ0v) is 38.5. The highest BCUT2D eigenvalue weighted by atomic mass is 16.9. The zero-order chi connectivity index (χ0) is 47.3. The Labute approximate surface area is 378 Å². The summed E-state index contributed by atoms with van der Waals surface area (Å²) in [7, 11) is 0. The smallest absolute Gasteiger partial charge is 0.308 e. The summed E-state index contributed by atoms with van der Waals surface area (Å²) in [6.45, 7) is 20.6. The Morgan fingerprint density at radius 2 is 1.33 bits per heavy atom. The van der Waals surface area contributed by atoms with E-state index in [-0.39, 0.29) is 17.9 Å². The number of carbonyl (C=O) groups is 2. The molecular weight excluding hydrogens is 813 g/mol. The highest BCUT2D eigenvalue weighted by molar-refractivity contribution is 5.90. The van der Waals surface area contributed by atoms with Gasteiger partial charge in [0.05, 0.1) is 23.1 Å². The van der Waals surface area contributed by atoms with E-state index in [0.29, 0.717) is 38.4 Å². The van der Waals surface area contributed by atoms with Gasteiger partial charge in [0.15, 0.2) is 0 Å². The summed E-state index contributed by atoms with van der Waals surface area (Å²) in [4.78, 5) is 20.5. The number of phenols is 1. The molecule has 5 aromatic carbocycles. The fourth-order valence-corrected chi connectivity index (χ4v) is 6.44. The number of carboxylic acid groups (broad SMARTS) is 2. The van der Waals surface area contributed by atoms with Crippen molar-refractivity contribution in [2.75, 3.05) is 26.4 Å². The van der Waals surface area contributed by atoms with Crippen molar-refractivity contribution in [1.82, 2.24) is 0 Å². The molecule has 1 unspecified atom stereocenters. The van der Waals surface area contributed by atoms with Crippen LogP contribution in [-0.2, 0) is 41.4 Å². The Bertz CT molecular complexity index is 2320. The molecule has 0 spiro atoms. The first-order chi connectivity index (χ1) is 30.5. The van der Waals surface area contributed by atoms with E-state index in [9.17, 15) is 19.8 Å². The number of aliphatic carboxylic acids is 2. The number of aryl methyl sites for hydroxylation is 2. The van der Waals surface area contributed by atoms with E-state index in [4.69, 9.17) is 33.9 Å². The van der Waals surface area contributed by atoms with Gasteiger partial charge in [-0.15, -0.1) is 0 Å². The molecule has 1 aliphatic carbocycles. The van der Waals surface area contributed by atoms with Crippen LogP contribution in [0.4, 0.5) is 0 Å². The van der Waals surface area contributed by atoms with Crippen LogP contribution in [0.2, 0.25) is 0 Å². The fourth-order valence-electron chi connectivity index (χ4n) is 6.44. The summed E-state index contributed by atoms with van der Waals surface area (Å²) in [5.41, 5.74) is 3.28. The number of fused-ring (bicyclic) bond motifs is 5. The third-order valence-electron chi connectivity index (χ3n) is 9.80. The van der Waals surface area contributed by atoms with Gasteiger partial charge >= 0.3 is 17.9 Å². The van der Waals surface area contributed by atoms with Gasteiger partial charge in [-0.25, -0.2) is 0 Å². The molecule has 1 atom stereocenters. The number of benzene rings is 5. The molecule has 5 aromatic rings. The van der Waals surface area contributed by atoms with Gasteiger partial charge in [0.2, 0.25) is 5.79 Å². The number of hydrogen-bond donors (Lipinski definition) is 4. The summed E-state index contributed by atoms with van der Waals surface area (Å²) in [5, 5.41) is 40.3. The monoisotopic (exact) mass is 877 g/mol. The molecule has 2 aliphatic rings. The van der Waals surface area contributed by atoms with Crippen LogP contribution < -0.4 is 4.74 Å². The molecule has 0 fully saturated rings. The zero-order valence-electron chi connectivity index (χ0n) is 38.5. The van der Waals surface area contributed by atoms with Crippen molar-refractivity contribution in [1.29, 1.82) is 0 Å². The van der Waals surface area contributed by atoms with Crippen molar-refractivity contribution in [3.63, 3.8) is 0 Å². The lowest BCUT2D eigenvalue weighted by Crippen LogP contribution is -2.39. The lowest BCUT2D eigenvalue weighted by molar-refractivity contribution is -0.345. The van der Waals surface area contributed by atoms with E-state index in [1.165, 1.54) is 22.4 Å². The molecule has 4 N–H and O–H groups in total. The molecule has 0 bridgehead atoms. The molecule has 0 saturated carbocycles. The molecule has 0 radical (unpaired) electrons. The molecule has 0 amide bonds. The topological polar surface area (TPSA) is 161 Å². The van der Waals surface area contributed by atoms with Gasteiger partial charge in [-0.2, -0.15) is 0 Å². The number of ether oxygens (including phenoxy) is 5.